The van der Waals surface area contributed by atoms with E-state index in [1.54, 1.807) is 0 Å². The molecular weight excluding hydrogens is 302 g/mol. The first-order valence-electron chi connectivity index (χ1n) is 9.18. The van der Waals surface area contributed by atoms with E-state index in [0.717, 1.165) is 38.9 Å². The number of nitrogens with zero attached hydrogens (tertiary/aromatic N) is 1. The Labute approximate surface area is 146 Å². The average Bonchev–Trinajstić information content (AvgIpc) is 2.98. The van der Waals surface area contributed by atoms with Gasteiger partial charge in [-0.25, -0.2) is 0 Å². The highest BCUT2D eigenvalue weighted by Crippen LogP contribution is 2.21. The van der Waals surface area contributed by atoms with E-state index in [-0.39, 0.29) is 12.1 Å². The molecule has 24 heavy (non-hydrogen) atoms. The molecule has 0 radical (unpaired) electrons. The molecule has 4 N–H and O–H groups in total. The maximum Gasteiger partial charge on any atom is 0.120 e. The lowest BCUT2D eigenvalue weighted by molar-refractivity contribution is 0.0429. The number of rotatable bonds is 11. The van der Waals surface area contributed by atoms with Crippen molar-refractivity contribution >= 4 is 0 Å². The number of likely N-dealkylation sites (tertiary alicyclic amines) is 1. The monoisotopic (exact) mass is 335 g/mol. The van der Waals surface area contributed by atoms with E-state index < -0.39 is 6.23 Å². The van der Waals surface area contributed by atoms with Crippen molar-refractivity contribution in [2.75, 3.05) is 26.7 Å². The molecule has 5 nitrogen and oxygen atoms in total. The number of hydrogen-bond donors (Lipinski definition) is 3. The highest BCUT2D eigenvalue weighted by Gasteiger charge is 2.34. The third-order valence-electron chi connectivity index (χ3n) is 4.74. The van der Waals surface area contributed by atoms with Crippen molar-refractivity contribution in [2.45, 2.75) is 57.1 Å². The van der Waals surface area contributed by atoms with Gasteiger partial charge in [-0.15, -0.1) is 0 Å². The molecule has 1 fully saturated rings. The quantitative estimate of drug-likeness (QED) is 0.424. The van der Waals surface area contributed by atoms with Crippen LogP contribution >= 0.6 is 0 Å². The number of hydrogen-bond acceptors (Lipinski definition) is 5. The Morgan fingerprint density at radius 1 is 1.25 bits per heavy atom. The molecule has 0 amide bonds. The van der Waals surface area contributed by atoms with E-state index >= 15 is 0 Å². The molecule has 0 aromatic heterocycles. The number of nitrogens with one attached hydrogen (secondary N) is 1. The van der Waals surface area contributed by atoms with Crippen molar-refractivity contribution in [1.29, 1.82) is 0 Å². The van der Waals surface area contributed by atoms with Crippen molar-refractivity contribution < 1.29 is 9.84 Å². The first-order valence-corrected chi connectivity index (χ1v) is 9.18. The van der Waals surface area contributed by atoms with Crippen LogP contribution in [0.3, 0.4) is 0 Å². The standard InChI is InChI=1S/C19H33N3O2/c1-22-14-17(24-15-16-9-5-4-6-10-16)13-18(22)19(23)21-12-8-3-2-7-11-20/h4-6,9-10,17-19,21,23H,2-3,7-8,11-15,20H2,1H3/t17-,18+,19?/m1/s1. The number of aliphatic hydroxyl groups is 1. The van der Waals surface area contributed by atoms with E-state index in [1.807, 2.05) is 18.2 Å². The van der Waals surface area contributed by atoms with Crippen LogP contribution in [-0.2, 0) is 11.3 Å². The van der Waals surface area contributed by atoms with Crippen molar-refractivity contribution in [3.8, 4) is 0 Å². The minimum Gasteiger partial charge on any atom is -0.377 e. The van der Waals surface area contributed by atoms with Gasteiger partial charge in [0.05, 0.1) is 18.8 Å². The molecule has 1 aliphatic heterocycles. The third kappa shape index (κ3) is 6.49. The highest BCUT2D eigenvalue weighted by molar-refractivity contribution is 5.13. The van der Waals surface area contributed by atoms with Gasteiger partial charge >= 0.3 is 0 Å². The lowest BCUT2D eigenvalue weighted by Crippen LogP contribution is -2.45. The molecule has 2 rings (SSSR count). The summed E-state index contributed by atoms with van der Waals surface area (Å²) in [7, 11) is 2.06. The third-order valence-corrected chi connectivity index (χ3v) is 4.74. The van der Waals surface area contributed by atoms with Crippen LogP contribution in [0.4, 0.5) is 0 Å². The summed E-state index contributed by atoms with van der Waals surface area (Å²) in [6, 6.07) is 10.4. The molecule has 0 aliphatic carbocycles. The summed E-state index contributed by atoms with van der Waals surface area (Å²) in [5.41, 5.74) is 6.69. The Bertz CT molecular complexity index is 443. The van der Waals surface area contributed by atoms with Crippen LogP contribution in [0.15, 0.2) is 30.3 Å². The second-order valence-corrected chi connectivity index (χ2v) is 6.76. The first-order chi connectivity index (χ1) is 11.7. The average molecular weight is 335 g/mol. The normalized spacial score (nSPS) is 22.8. The zero-order valence-corrected chi connectivity index (χ0v) is 14.9. The number of ether oxygens (including phenoxy) is 1. The largest absolute Gasteiger partial charge is 0.377 e. The lowest BCUT2D eigenvalue weighted by Gasteiger charge is -2.25. The van der Waals surface area contributed by atoms with Gasteiger partial charge in [0.2, 0.25) is 0 Å². The van der Waals surface area contributed by atoms with Gasteiger partial charge in [0.1, 0.15) is 6.23 Å². The van der Waals surface area contributed by atoms with E-state index in [2.05, 4.69) is 29.4 Å². The molecule has 1 aromatic carbocycles. The van der Waals surface area contributed by atoms with Crippen LogP contribution in [-0.4, -0.2) is 55.1 Å². The summed E-state index contributed by atoms with van der Waals surface area (Å²) in [6.07, 6.45) is 5.07. The highest BCUT2D eigenvalue weighted by atomic mass is 16.5. The second kappa shape index (κ2) is 10.8. The summed E-state index contributed by atoms with van der Waals surface area (Å²) < 4.78 is 6.02. The van der Waals surface area contributed by atoms with E-state index in [4.69, 9.17) is 10.5 Å². The molecule has 5 heteroatoms. The minimum atomic E-state index is -0.491. The van der Waals surface area contributed by atoms with Crippen LogP contribution in [0.5, 0.6) is 0 Å². The fourth-order valence-electron chi connectivity index (χ4n) is 3.27. The molecule has 0 bridgehead atoms. The van der Waals surface area contributed by atoms with Gasteiger partial charge in [-0.05, 0) is 45.0 Å². The predicted molar refractivity (Wildman–Crippen MR) is 97.6 cm³/mol. The Hall–Kier alpha value is -0.980. The van der Waals surface area contributed by atoms with E-state index in [1.165, 1.54) is 18.4 Å². The maximum absolute atomic E-state index is 10.4. The summed E-state index contributed by atoms with van der Waals surface area (Å²) in [6.45, 7) is 3.13. The van der Waals surface area contributed by atoms with Crippen LogP contribution in [0, 0.1) is 0 Å². The van der Waals surface area contributed by atoms with Gasteiger partial charge in [0, 0.05) is 6.54 Å². The number of benzene rings is 1. The summed E-state index contributed by atoms with van der Waals surface area (Å²) in [5.74, 6) is 0. The number of unbranched alkanes of at least 4 members (excludes halogenated alkanes) is 3. The van der Waals surface area contributed by atoms with Gasteiger partial charge in [0.15, 0.2) is 0 Å². The first kappa shape index (κ1) is 19.3. The van der Waals surface area contributed by atoms with Crippen molar-refractivity contribution in [3.05, 3.63) is 35.9 Å². The molecule has 1 heterocycles. The van der Waals surface area contributed by atoms with Gasteiger partial charge in [0.25, 0.3) is 0 Å². The van der Waals surface area contributed by atoms with E-state index in [0.29, 0.717) is 6.61 Å². The van der Waals surface area contributed by atoms with Crippen molar-refractivity contribution in [2.24, 2.45) is 5.73 Å². The van der Waals surface area contributed by atoms with E-state index in [9.17, 15) is 5.11 Å². The van der Waals surface area contributed by atoms with Gasteiger partial charge in [-0.3, -0.25) is 10.2 Å². The van der Waals surface area contributed by atoms with Gasteiger partial charge < -0.3 is 15.6 Å². The molecule has 1 saturated heterocycles. The van der Waals surface area contributed by atoms with Crippen LogP contribution in [0.2, 0.25) is 0 Å². The molecule has 1 aliphatic rings. The number of nitrogens with two attached hydrogens (primary N) is 1. The molecule has 3 atom stereocenters. The van der Waals surface area contributed by atoms with Crippen molar-refractivity contribution in [3.63, 3.8) is 0 Å². The number of aliphatic hydroxyl groups excluding tert-OH is 1. The van der Waals surface area contributed by atoms with Crippen LogP contribution < -0.4 is 11.1 Å². The molecule has 136 valence electrons. The zero-order valence-electron chi connectivity index (χ0n) is 14.9. The molecular formula is C19H33N3O2. The SMILES string of the molecule is CN1C[C@H](OCc2ccccc2)C[C@H]1C(O)NCCCCCCN. The fraction of sp³-hybridized carbons (Fsp3) is 0.684. The Morgan fingerprint density at radius 2 is 2.00 bits per heavy atom. The topological polar surface area (TPSA) is 70.8 Å². The maximum atomic E-state index is 10.4. The van der Waals surface area contributed by atoms with Gasteiger partial charge in [-0.1, -0.05) is 43.2 Å². The molecule has 0 saturated carbocycles. The molecule has 1 unspecified atom stereocenters. The lowest BCUT2D eigenvalue weighted by atomic mass is 10.1. The Balaban J connectivity index is 1.64. The fourth-order valence-corrected chi connectivity index (χ4v) is 3.27. The Morgan fingerprint density at radius 3 is 2.75 bits per heavy atom. The summed E-state index contributed by atoms with van der Waals surface area (Å²) in [4.78, 5) is 2.20. The van der Waals surface area contributed by atoms with Crippen LogP contribution in [0.25, 0.3) is 0 Å². The van der Waals surface area contributed by atoms with Gasteiger partial charge in [-0.2, -0.15) is 0 Å². The molecule has 1 aromatic rings. The second-order valence-electron chi connectivity index (χ2n) is 6.76. The molecule has 0 spiro atoms. The zero-order chi connectivity index (χ0) is 17.2. The Kier molecular flexibility index (Phi) is 8.70. The minimum absolute atomic E-state index is 0.120. The smallest absolute Gasteiger partial charge is 0.120 e. The van der Waals surface area contributed by atoms with Crippen LogP contribution in [0.1, 0.15) is 37.7 Å². The number of likely N-dealkylation sites (N-methyl/N-ethyl adjacent to an activating group) is 1. The predicted octanol–water partition coefficient (Wildman–Crippen LogP) is 1.70. The van der Waals surface area contributed by atoms with Crippen molar-refractivity contribution in [1.82, 2.24) is 10.2 Å². The summed E-state index contributed by atoms with van der Waals surface area (Å²) in [5, 5.41) is 13.7. The summed E-state index contributed by atoms with van der Waals surface area (Å²) >= 11 is 0.